The number of hydrogen-bond donors (Lipinski definition) is 2. The lowest BCUT2D eigenvalue weighted by Gasteiger charge is -2.33. The number of nitrogens with two attached hydrogens (primary N) is 1. The average molecular weight is 255 g/mol. The maximum atomic E-state index is 13.1. The maximum Gasteiger partial charge on any atom is 0.248 e. The molecule has 1 fully saturated rings. The van der Waals surface area contributed by atoms with Crippen LogP contribution in [0, 0.1) is 5.92 Å². The van der Waals surface area contributed by atoms with E-state index in [1.54, 1.807) is 12.4 Å². The first-order valence-electron chi connectivity index (χ1n) is 6.33. The molecule has 1 atom stereocenters. The fraction of sp³-hybridized carbons (Fsp3) is 0.615. The molecule has 1 aliphatic carbocycles. The molecule has 0 bridgehead atoms. The van der Waals surface area contributed by atoms with Gasteiger partial charge in [-0.25, -0.2) is 8.78 Å². The first-order valence-corrected chi connectivity index (χ1v) is 6.33. The highest BCUT2D eigenvalue weighted by atomic mass is 19.3. The average Bonchev–Trinajstić information content (AvgIpc) is 2.38. The van der Waals surface area contributed by atoms with Crippen molar-refractivity contribution in [2.24, 2.45) is 11.8 Å². The highest BCUT2D eigenvalue weighted by Gasteiger charge is 2.37. The minimum absolute atomic E-state index is 0.0249. The molecule has 1 aromatic rings. The molecule has 0 saturated heterocycles. The Labute approximate surface area is 106 Å². The summed E-state index contributed by atoms with van der Waals surface area (Å²) in [4.78, 5) is 4.05. The fourth-order valence-corrected chi connectivity index (χ4v) is 2.60. The molecule has 0 radical (unpaired) electrons. The molecule has 2 rings (SSSR count). The van der Waals surface area contributed by atoms with Crippen molar-refractivity contribution >= 4 is 0 Å². The summed E-state index contributed by atoms with van der Waals surface area (Å²) in [6.07, 6.45) is 5.26. The summed E-state index contributed by atoms with van der Waals surface area (Å²) in [7, 11) is 0. The molecule has 100 valence electrons. The van der Waals surface area contributed by atoms with Crippen LogP contribution in [0.4, 0.5) is 8.78 Å². The molecule has 1 aromatic heterocycles. The van der Waals surface area contributed by atoms with Gasteiger partial charge < -0.3 is 0 Å². The number of rotatable bonds is 4. The summed E-state index contributed by atoms with van der Waals surface area (Å²) in [5.74, 6) is 3.30. The summed E-state index contributed by atoms with van der Waals surface area (Å²) < 4.78 is 26.2. The van der Waals surface area contributed by atoms with Crippen molar-refractivity contribution in [3.05, 3.63) is 30.1 Å². The highest BCUT2D eigenvalue weighted by Crippen LogP contribution is 2.37. The van der Waals surface area contributed by atoms with Gasteiger partial charge in [-0.1, -0.05) is 6.07 Å². The minimum Gasteiger partial charge on any atom is -0.271 e. The van der Waals surface area contributed by atoms with Gasteiger partial charge in [-0.05, 0) is 36.8 Å². The molecule has 0 aliphatic heterocycles. The molecule has 0 aromatic carbocycles. The van der Waals surface area contributed by atoms with Gasteiger partial charge in [0.25, 0.3) is 0 Å². The van der Waals surface area contributed by atoms with Crippen LogP contribution >= 0.6 is 0 Å². The summed E-state index contributed by atoms with van der Waals surface area (Å²) >= 11 is 0. The van der Waals surface area contributed by atoms with Crippen LogP contribution in [0.1, 0.15) is 31.2 Å². The van der Waals surface area contributed by atoms with Gasteiger partial charge >= 0.3 is 0 Å². The van der Waals surface area contributed by atoms with E-state index in [2.05, 4.69) is 10.4 Å². The molecular weight excluding hydrogens is 236 g/mol. The molecule has 1 aliphatic rings. The first-order chi connectivity index (χ1) is 8.61. The van der Waals surface area contributed by atoms with Crippen molar-refractivity contribution in [1.29, 1.82) is 0 Å². The van der Waals surface area contributed by atoms with Crippen molar-refractivity contribution < 1.29 is 8.78 Å². The van der Waals surface area contributed by atoms with E-state index in [1.165, 1.54) is 0 Å². The summed E-state index contributed by atoms with van der Waals surface area (Å²) in [5, 5.41) is 0. The number of nitrogens with one attached hydrogen (secondary N) is 1. The van der Waals surface area contributed by atoms with E-state index >= 15 is 0 Å². The molecule has 0 spiro atoms. The lowest BCUT2D eigenvalue weighted by molar-refractivity contribution is -0.0495. The summed E-state index contributed by atoms with van der Waals surface area (Å²) in [6, 6.07) is 3.90. The normalized spacial score (nSPS) is 21.7. The number of alkyl halides is 2. The number of nitrogens with zero attached hydrogens (tertiary/aromatic N) is 1. The maximum absolute atomic E-state index is 13.1. The van der Waals surface area contributed by atoms with Gasteiger partial charge in [0.1, 0.15) is 0 Å². The quantitative estimate of drug-likeness (QED) is 0.641. The molecule has 18 heavy (non-hydrogen) atoms. The number of hydrazine groups is 1. The van der Waals surface area contributed by atoms with Gasteiger partial charge in [0.05, 0.1) is 0 Å². The zero-order valence-corrected chi connectivity index (χ0v) is 10.3. The van der Waals surface area contributed by atoms with Gasteiger partial charge in [-0.2, -0.15) is 0 Å². The molecule has 1 unspecified atom stereocenters. The van der Waals surface area contributed by atoms with Gasteiger partial charge in [0.15, 0.2) is 0 Å². The third-order valence-electron chi connectivity index (χ3n) is 3.72. The van der Waals surface area contributed by atoms with E-state index in [0.29, 0.717) is 12.8 Å². The monoisotopic (exact) mass is 255 g/mol. The third-order valence-corrected chi connectivity index (χ3v) is 3.72. The Bertz CT molecular complexity index is 360. The molecule has 1 heterocycles. The van der Waals surface area contributed by atoms with Crippen molar-refractivity contribution in [2.75, 3.05) is 0 Å². The number of hydrogen-bond acceptors (Lipinski definition) is 3. The largest absolute Gasteiger partial charge is 0.271 e. The van der Waals surface area contributed by atoms with Crippen LogP contribution < -0.4 is 11.3 Å². The zero-order chi connectivity index (χ0) is 13.0. The highest BCUT2D eigenvalue weighted by molar-refractivity contribution is 5.10. The Morgan fingerprint density at radius 2 is 2.17 bits per heavy atom. The molecule has 5 heteroatoms. The number of aromatic nitrogens is 1. The Morgan fingerprint density at radius 1 is 1.44 bits per heavy atom. The second-order valence-electron chi connectivity index (χ2n) is 5.03. The van der Waals surface area contributed by atoms with Crippen LogP contribution in [0.25, 0.3) is 0 Å². The Kier molecular flexibility index (Phi) is 4.24. The number of halogens is 2. The van der Waals surface area contributed by atoms with E-state index < -0.39 is 5.92 Å². The second kappa shape index (κ2) is 5.71. The van der Waals surface area contributed by atoms with E-state index in [1.807, 2.05) is 12.1 Å². The first kappa shape index (κ1) is 13.4. The fourth-order valence-electron chi connectivity index (χ4n) is 2.60. The van der Waals surface area contributed by atoms with Gasteiger partial charge in [-0.15, -0.1) is 0 Å². The van der Waals surface area contributed by atoms with Gasteiger partial charge in [0, 0.05) is 31.3 Å². The van der Waals surface area contributed by atoms with Gasteiger partial charge in [-0.3, -0.25) is 16.3 Å². The van der Waals surface area contributed by atoms with Crippen LogP contribution in [0.15, 0.2) is 24.5 Å². The Balaban J connectivity index is 1.94. The van der Waals surface area contributed by atoms with Crippen molar-refractivity contribution in [3.8, 4) is 0 Å². The SMILES string of the molecule is NNC(Cc1cccnc1)C1CCC(F)(F)CC1. The molecule has 1 saturated carbocycles. The molecule has 3 nitrogen and oxygen atoms in total. The predicted molar refractivity (Wildman–Crippen MR) is 66.0 cm³/mol. The van der Waals surface area contributed by atoms with E-state index in [-0.39, 0.29) is 24.8 Å². The van der Waals surface area contributed by atoms with Crippen molar-refractivity contribution in [3.63, 3.8) is 0 Å². The molecule has 3 N–H and O–H groups in total. The minimum atomic E-state index is -2.48. The van der Waals surface area contributed by atoms with Crippen LogP contribution in [0.5, 0.6) is 0 Å². The second-order valence-corrected chi connectivity index (χ2v) is 5.03. The van der Waals surface area contributed by atoms with Crippen LogP contribution in [0.2, 0.25) is 0 Å². The van der Waals surface area contributed by atoms with Crippen molar-refractivity contribution in [1.82, 2.24) is 10.4 Å². The smallest absolute Gasteiger partial charge is 0.248 e. The van der Waals surface area contributed by atoms with Crippen LogP contribution in [-0.4, -0.2) is 16.9 Å². The van der Waals surface area contributed by atoms with E-state index in [9.17, 15) is 8.78 Å². The van der Waals surface area contributed by atoms with Crippen molar-refractivity contribution in [2.45, 2.75) is 44.1 Å². The molecular formula is C13H19F2N3. The predicted octanol–water partition coefficient (Wildman–Crippen LogP) is 2.28. The summed E-state index contributed by atoms with van der Waals surface area (Å²) in [5.41, 5.74) is 3.86. The van der Waals surface area contributed by atoms with Crippen LogP contribution in [0.3, 0.4) is 0 Å². The zero-order valence-electron chi connectivity index (χ0n) is 10.3. The van der Waals surface area contributed by atoms with Crippen LogP contribution in [-0.2, 0) is 6.42 Å². The lowest BCUT2D eigenvalue weighted by Crippen LogP contribution is -2.44. The van der Waals surface area contributed by atoms with Gasteiger partial charge in [0.2, 0.25) is 5.92 Å². The Hall–Kier alpha value is -1.07. The lowest BCUT2D eigenvalue weighted by atomic mass is 9.80. The molecule has 0 amide bonds. The Morgan fingerprint density at radius 3 is 2.72 bits per heavy atom. The number of pyridine rings is 1. The topological polar surface area (TPSA) is 50.9 Å². The van der Waals surface area contributed by atoms with E-state index in [0.717, 1.165) is 12.0 Å². The van der Waals surface area contributed by atoms with E-state index in [4.69, 9.17) is 5.84 Å². The summed E-state index contributed by atoms with van der Waals surface area (Å²) in [6.45, 7) is 0. The third kappa shape index (κ3) is 3.46. The standard InChI is InChI=1S/C13H19F2N3/c14-13(15)5-3-11(4-6-13)12(18-16)8-10-2-1-7-17-9-10/h1-2,7,9,11-12,18H,3-6,8,16H2.